The van der Waals surface area contributed by atoms with Crippen molar-refractivity contribution in [2.75, 3.05) is 0 Å². The van der Waals surface area contributed by atoms with Crippen LogP contribution >= 0.6 is 0 Å². The first-order chi connectivity index (χ1) is 4.70. The standard InChI is InChI=1S/C8H12O2/c1-4-2-5-3-6(4)8(10)7(5)9/h5,7-10H,2-3H2,1H3. The number of rotatable bonds is 0. The topological polar surface area (TPSA) is 40.5 Å². The molecule has 0 amide bonds. The molecule has 0 aromatic carbocycles. The second kappa shape index (κ2) is 1.83. The summed E-state index contributed by atoms with van der Waals surface area (Å²) < 4.78 is 0. The number of aliphatic hydroxyl groups is 2. The van der Waals surface area contributed by atoms with Gasteiger partial charge in [-0.1, -0.05) is 5.57 Å². The van der Waals surface area contributed by atoms with E-state index in [2.05, 4.69) is 0 Å². The van der Waals surface area contributed by atoms with E-state index in [1.807, 2.05) is 6.92 Å². The molecule has 10 heavy (non-hydrogen) atoms. The zero-order valence-electron chi connectivity index (χ0n) is 6.04. The van der Waals surface area contributed by atoms with Crippen molar-refractivity contribution in [1.82, 2.24) is 0 Å². The van der Waals surface area contributed by atoms with Crippen molar-refractivity contribution in [3.8, 4) is 0 Å². The van der Waals surface area contributed by atoms with Gasteiger partial charge in [0.05, 0.1) is 6.10 Å². The van der Waals surface area contributed by atoms with E-state index in [1.165, 1.54) is 5.57 Å². The molecule has 2 nitrogen and oxygen atoms in total. The minimum atomic E-state index is -0.543. The van der Waals surface area contributed by atoms with E-state index in [-0.39, 0.29) is 0 Å². The summed E-state index contributed by atoms with van der Waals surface area (Å²) in [6.07, 6.45) is 0.902. The molecule has 2 bridgehead atoms. The van der Waals surface area contributed by atoms with Crippen molar-refractivity contribution in [3.63, 3.8) is 0 Å². The van der Waals surface area contributed by atoms with Crippen LogP contribution in [0.4, 0.5) is 0 Å². The van der Waals surface area contributed by atoms with Crippen LogP contribution in [0, 0.1) is 5.92 Å². The van der Waals surface area contributed by atoms with Crippen molar-refractivity contribution in [2.45, 2.75) is 32.0 Å². The van der Waals surface area contributed by atoms with Crippen LogP contribution < -0.4 is 0 Å². The number of allylic oxidation sites excluding steroid dienone is 1. The predicted octanol–water partition coefficient (Wildman–Crippen LogP) is 0.448. The summed E-state index contributed by atoms with van der Waals surface area (Å²) in [7, 11) is 0. The van der Waals surface area contributed by atoms with Crippen LogP contribution in [0.1, 0.15) is 19.8 Å². The van der Waals surface area contributed by atoms with Gasteiger partial charge in [0.25, 0.3) is 0 Å². The second-order valence-corrected chi connectivity index (χ2v) is 3.41. The molecule has 2 aliphatic carbocycles. The first-order valence-electron chi connectivity index (χ1n) is 3.75. The third-order valence-electron chi connectivity index (χ3n) is 2.76. The molecule has 0 aromatic rings. The Morgan fingerprint density at radius 3 is 2.40 bits per heavy atom. The maximum absolute atomic E-state index is 9.35. The molecule has 0 aromatic heterocycles. The monoisotopic (exact) mass is 140 g/mol. The van der Waals surface area contributed by atoms with Gasteiger partial charge in [-0.15, -0.1) is 0 Å². The van der Waals surface area contributed by atoms with Gasteiger partial charge in [0, 0.05) is 0 Å². The molecular weight excluding hydrogens is 128 g/mol. The first-order valence-corrected chi connectivity index (χ1v) is 3.75. The molecule has 2 aliphatic rings. The smallest absolute Gasteiger partial charge is 0.101 e. The molecule has 0 aliphatic heterocycles. The number of hydrogen-bond acceptors (Lipinski definition) is 2. The molecule has 2 heteroatoms. The highest BCUT2D eigenvalue weighted by Crippen LogP contribution is 2.43. The Morgan fingerprint density at radius 2 is 2.00 bits per heavy atom. The molecule has 2 rings (SSSR count). The molecule has 0 spiro atoms. The van der Waals surface area contributed by atoms with Gasteiger partial charge in [-0.05, 0) is 31.3 Å². The largest absolute Gasteiger partial charge is 0.390 e. The summed E-state index contributed by atoms with van der Waals surface area (Å²) in [5.41, 5.74) is 2.39. The third-order valence-corrected chi connectivity index (χ3v) is 2.76. The molecular formula is C8H12O2. The van der Waals surface area contributed by atoms with E-state index < -0.39 is 12.2 Å². The Kier molecular flexibility index (Phi) is 1.17. The minimum absolute atomic E-state index is 0.324. The van der Waals surface area contributed by atoms with E-state index >= 15 is 0 Å². The molecule has 2 N–H and O–H groups in total. The highest BCUT2D eigenvalue weighted by atomic mass is 16.3. The van der Waals surface area contributed by atoms with Crippen molar-refractivity contribution < 1.29 is 10.2 Å². The average Bonchev–Trinajstić information content (AvgIpc) is 2.36. The van der Waals surface area contributed by atoms with Crippen LogP contribution in [0.2, 0.25) is 0 Å². The Morgan fingerprint density at radius 1 is 1.30 bits per heavy atom. The summed E-state index contributed by atoms with van der Waals surface area (Å²) in [5.74, 6) is 0.324. The Balaban J connectivity index is 2.34. The van der Waals surface area contributed by atoms with Gasteiger partial charge in [-0.3, -0.25) is 0 Å². The zero-order chi connectivity index (χ0) is 7.30. The highest BCUT2D eigenvalue weighted by molar-refractivity contribution is 5.30. The summed E-state index contributed by atoms with van der Waals surface area (Å²) >= 11 is 0. The lowest BCUT2D eigenvalue weighted by Crippen LogP contribution is -2.28. The zero-order valence-corrected chi connectivity index (χ0v) is 6.04. The average molecular weight is 140 g/mol. The fourth-order valence-electron chi connectivity index (χ4n) is 2.13. The van der Waals surface area contributed by atoms with E-state index in [0.717, 1.165) is 18.4 Å². The van der Waals surface area contributed by atoms with Crippen molar-refractivity contribution in [2.24, 2.45) is 5.92 Å². The molecule has 56 valence electrons. The normalized spacial score (nSPS) is 45.3. The van der Waals surface area contributed by atoms with Crippen molar-refractivity contribution >= 4 is 0 Å². The van der Waals surface area contributed by atoms with Gasteiger partial charge in [-0.25, -0.2) is 0 Å². The molecule has 1 fully saturated rings. The predicted molar refractivity (Wildman–Crippen MR) is 37.4 cm³/mol. The van der Waals surface area contributed by atoms with E-state index in [4.69, 9.17) is 0 Å². The maximum Gasteiger partial charge on any atom is 0.101 e. The summed E-state index contributed by atoms with van der Waals surface area (Å²) in [5, 5.41) is 18.7. The van der Waals surface area contributed by atoms with Crippen LogP contribution in [0.15, 0.2) is 11.1 Å². The van der Waals surface area contributed by atoms with Gasteiger partial charge < -0.3 is 10.2 Å². The van der Waals surface area contributed by atoms with Crippen molar-refractivity contribution in [1.29, 1.82) is 0 Å². The van der Waals surface area contributed by atoms with Gasteiger partial charge >= 0.3 is 0 Å². The van der Waals surface area contributed by atoms with Gasteiger partial charge in [0.2, 0.25) is 0 Å². The van der Waals surface area contributed by atoms with Crippen LogP contribution in [0.5, 0.6) is 0 Å². The first kappa shape index (κ1) is 6.38. The SMILES string of the molecule is CC1=C2CC(C1)C(O)C2O. The summed E-state index contributed by atoms with van der Waals surface area (Å²) in [6, 6.07) is 0. The van der Waals surface area contributed by atoms with Gasteiger partial charge in [-0.2, -0.15) is 0 Å². The minimum Gasteiger partial charge on any atom is -0.390 e. The summed E-state index contributed by atoms with van der Waals surface area (Å²) in [6.45, 7) is 2.05. The number of aliphatic hydroxyl groups excluding tert-OH is 2. The van der Waals surface area contributed by atoms with E-state index in [1.54, 1.807) is 0 Å². The van der Waals surface area contributed by atoms with Gasteiger partial charge in [0.1, 0.15) is 6.10 Å². The maximum atomic E-state index is 9.35. The van der Waals surface area contributed by atoms with E-state index in [0.29, 0.717) is 5.92 Å². The lowest BCUT2D eigenvalue weighted by Gasteiger charge is -2.19. The lowest BCUT2D eigenvalue weighted by molar-refractivity contribution is 0.0263. The number of fused-ring (bicyclic) bond motifs is 2. The quantitative estimate of drug-likeness (QED) is 0.479. The second-order valence-electron chi connectivity index (χ2n) is 3.41. The fraction of sp³-hybridized carbons (Fsp3) is 0.750. The summed E-state index contributed by atoms with van der Waals surface area (Å²) in [4.78, 5) is 0. The third kappa shape index (κ3) is 0.607. The molecule has 0 heterocycles. The highest BCUT2D eigenvalue weighted by Gasteiger charge is 2.42. The van der Waals surface area contributed by atoms with Gasteiger partial charge in [0.15, 0.2) is 0 Å². The van der Waals surface area contributed by atoms with Crippen LogP contribution in [0.3, 0.4) is 0 Å². The molecule has 1 saturated carbocycles. The Bertz CT molecular complexity index is 195. The Labute approximate surface area is 60.2 Å². The Hall–Kier alpha value is -0.340. The molecule has 0 radical (unpaired) electrons. The van der Waals surface area contributed by atoms with Crippen LogP contribution in [-0.2, 0) is 0 Å². The lowest BCUT2D eigenvalue weighted by atomic mass is 9.96. The fourth-order valence-corrected chi connectivity index (χ4v) is 2.13. The van der Waals surface area contributed by atoms with Crippen LogP contribution in [-0.4, -0.2) is 22.4 Å². The van der Waals surface area contributed by atoms with Crippen molar-refractivity contribution in [3.05, 3.63) is 11.1 Å². The number of hydrogen-bond donors (Lipinski definition) is 2. The molecule has 3 unspecified atom stereocenters. The molecule has 0 saturated heterocycles. The molecule has 3 atom stereocenters. The van der Waals surface area contributed by atoms with E-state index in [9.17, 15) is 10.2 Å². The van der Waals surface area contributed by atoms with Crippen LogP contribution in [0.25, 0.3) is 0 Å².